The second-order valence-electron chi connectivity index (χ2n) is 14.1. The van der Waals surface area contributed by atoms with E-state index in [4.69, 9.17) is 8.85 Å². The van der Waals surface area contributed by atoms with Crippen molar-refractivity contribution in [3.05, 3.63) is 29.3 Å². The Balaban J connectivity index is 3.26. The van der Waals surface area contributed by atoms with Gasteiger partial charge in [0.25, 0.3) is 0 Å². The molecule has 0 aliphatic rings. The number of thioether (sulfide) groups is 1. The van der Waals surface area contributed by atoms with Gasteiger partial charge in [0, 0.05) is 30.4 Å². The predicted molar refractivity (Wildman–Crippen MR) is 185 cm³/mol. The van der Waals surface area contributed by atoms with Gasteiger partial charge in [-0.2, -0.15) is 0 Å². The maximum absolute atomic E-state index is 12.9. The maximum Gasteiger partial charge on any atom is 0.398 e. The van der Waals surface area contributed by atoms with Crippen LogP contribution in [-0.4, -0.2) is 25.5 Å². The summed E-state index contributed by atoms with van der Waals surface area (Å²) in [5, 5.41) is 0.724. The molecule has 5 heteroatoms. The lowest BCUT2D eigenvalue weighted by atomic mass is 9.80. The summed E-state index contributed by atoms with van der Waals surface area (Å²) in [5.41, 5.74) is 2.67. The largest absolute Gasteiger partial charge is 0.520 e. The van der Waals surface area contributed by atoms with Crippen molar-refractivity contribution < 1.29 is 13.6 Å². The Labute approximate surface area is 261 Å². The van der Waals surface area contributed by atoms with Gasteiger partial charge in [0.15, 0.2) is 5.12 Å². The number of rotatable bonds is 21. The van der Waals surface area contributed by atoms with Crippen molar-refractivity contribution in [1.82, 2.24) is 0 Å². The highest BCUT2D eigenvalue weighted by molar-refractivity contribution is 8.14. The molecule has 0 saturated carbocycles. The van der Waals surface area contributed by atoms with E-state index >= 15 is 0 Å². The van der Waals surface area contributed by atoms with E-state index in [1.807, 2.05) is 0 Å². The summed E-state index contributed by atoms with van der Waals surface area (Å²) in [4.78, 5) is 12.9. The van der Waals surface area contributed by atoms with E-state index in [-0.39, 0.29) is 10.8 Å². The molecule has 3 nitrogen and oxygen atoms in total. The lowest BCUT2D eigenvalue weighted by Gasteiger charge is -2.35. The SMILES string of the molecule is CCCCCCCC(=O)SC(CCC)CC[Si](CCCC)(OCCCC)Oc1ccc(C(C)(C)C)cc1C(C)(C)C. The molecule has 0 N–H and O–H groups in total. The summed E-state index contributed by atoms with van der Waals surface area (Å²) in [5.74, 6) is 1.01. The van der Waals surface area contributed by atoms with Gasteiger partial charge in [-0.1, -0.05) is 144 Å². The van der Waals surface area contributed by atoms with Crippen LogP contribution in [0.2, 0.25) is 12.1 Å². The van der Waals surface area contributed by atoms with Crippen molar-refractivity contribution in [3.8, 4) is 5.75 Å². The fourth-order valence-electron chi connectivity index (χ4n) is 5.20. The number of benzene rings is 1. The van der Waals surface area contributed by atoms with E-state index < -0.39 is 8.56 Å². The second kappa shape index (κ2) is 19.5. The van der Waals surface area contributed by atoms with Gasteiger partial charge >= 0.3 is 8.56 Å². The first-order valence-electron chi connectivity index (χ1n) is 17.0. The number of hydrogen-bond donors (Lipinski definition) is 0. The third-order valence-corrected chi connectivity index (χ3v) is 12.7. The van der Waals surface area contributed by atoms with Crippen LogP contribution in [0.25, 0.3) is 0 Å². The Bertz CT molecular complexity index is 857. The van der Waals surface area contributed by atoms with Crippen molar-refractivity contribution in [1.29, 1.82) is 0 Å². The van der Waals surface area contributed by atoms with Crippen LogP contribution in [0.4, 0.5) is 0 Å². The lowest BCUT2D eigenvalue weighted by Crippen LogP contribution is -2.46. The van der Waals surface area contributed by atoms with Crippen LogP contribution in [0.1, 0.15) is 164 Å². The maximum atomic E-state index is 12.9. The number of unbranched alkanes of at least 4 members (excludes halogenated alkanes) is 6. The van der Waals surface area contributed by atoms with Gasteiger partial charge in [0.2, 0.25) is 0 Å². The van der Waals surface area contributed by atoms with Crippen molar-refractivity contribution in [2.75, 3.05) is 6.61 Å². The molecule has 0 radical (unpaired) electrons. The fourth-order valence-corrected chi connectivity index (χ4v) is 10.2. The van der Waals surface area contributed by atoms with Crippen LogP contribution in [-0.2, 0) is 20.1 Å². The molecule has 1 aromatic carbocycles. The molecular weight excluding hydrogens is 541 g/mol. The molecule has 238 valence electrons. The molecule has 0 aliphatic carbocycles. The molecule has 0 bridgehead atoms. The Morgan fingerprint density at radius 1 is 0.780 bits per heavy atom. The summed E-state index contributed by atoms with van der Waals surface area (Å²) < 4.78 is 14.1. The summed E-state index contributed by atoms with van der Waals surface area (Å²) in [7, 11) is -2.58. The summed E-state index contributed by atoms with van der Waals surface area (Å²) in [6.45, 7) is 23.4. The molecule has 0 amide bonds. The van der Waals surface area contributed by atoms with E-state index in [9.17, 15) is 4.79 Å². The van der Waals surface area contributed by atoms with Crippen LogP contribution >= 0.6 is 11.8 Å². The Kier molecular flexibility index (Phi) is 18.2. The first-order valence-corrected chi connectivity index (χ1v) is 20.1. The lowest BCUT2D eigenvalue weighted by molar-refractivity contribution is -0.111. The highest BCUT2D eigenvalue weighted by Gasteiger charge is 2.41. The van der Waals surface area contributed by atoms with Crippen molar-refractivity contribution in [2.45, 2.75) is 181 Å². The Hall–Kier alpha value is -0.783. The molecular formula is C36H66O3SSi. The average molecular weight is 607 g/mol. The van der Waals surface area contributed by atoms with Crippen LogP contribution in [0.5, 0.6) is 5.75 Å². The first-order chi connectivity index (χ1) is 19.3. The zero-order valence-corrected chi connectivity index (χ0v) is 30.6. The molecule has 41 heavy (non-hydrogen) atoms. The van der Waals surface area contributed by atoms with Gasteiger partial charge in [-0.15, -0.1) is 0 Å². The average Bonchev–Trinajstić information content (AvgIpc) is 2.89. The van der Waals surface area contributed by atoms with Crippen molar-refractivity contribution in [2.24, 2.45) is 0 Å². The molecule has 0 aliphatic heterocycles. The van der Waals surface area contributed by atoms with Crippen LogP contribution in [0, 0.1) is 0 Å². The van der Waals surface area contributed by atoms with Gasteiger partial charge in [0.05, 0.1) is 0 Å². The van der Waals surface area contributed by atoms with E-state index in [0.717, 1.165) is 75.8 Å². The number of hydrogen-bond acceptors (Lipinski definition) is 4. The molecule has 2 unspecified atom stereocenters. The number of carbonyl (C=O) groups is 1. The minimum Gasteiger partial charge on any atom is -0.520 e. The van der Waals surface area contributed by atoms with Gasteiger partial charge < -0.3 is 8.85 Å². The summed E-state index contributed by atoms with van der Waals surface area (Å²) in [6.07, 6.45) is 14.3. The molecule has 0 spiro atoms. The quantitative estimate of drug-likeness (QED) is 0.103. The Morgan fingerprint density at radius 3 is 2.02 bits per heavy atom. The smallest absolute Gasteiger partial charge is 0.398 e. The standard InChI is InChI=1S/C36H66O3SSi/c1-11-15-18-19-20-22-34(37)40-31(21-14-4)25-28-41(27-17-13-3,38-26-16-12-2)39-33-24-23-30(35(5,6)7)29-32(33)36(8,9)10/h23-24,29,31H,11-22,25-28H2,1-10H3. The van der Waals surface area contributed by atoms with E-state index in [1.165, 1.54) is 36.8 Å². The highest BCUT2D eigenvalue weighted by Crippen LogP contribution is 2.39. The summed E-state index contributed by atoms with van der Waals surface area (Å²) in [6, 6.07) is 8.80. The van der Waals surface area contributed by atoms with Crippen molar-refractivity contribution >= 4 is 25.4 Å². The zero-order chi connectivity index (χ0) is 30.9. The minimum atomic E-state index is -2.58. The Morgan fingerprint density at radius 2 is 1.44 bits per heavy atom. The van der Waals surface area contributed by atoms with Gasteiger partial charge in [-0.25, -0.2) is 0 Å². The van der Waals surface area contributed by atoms with Gasteiger partial charge in [-0.05, 0) is 53.7 Å². The number of carbonyl (C=O) groups excluding carboxylic acids is 1. The molecule has 0 heterocycles. The molecule has 0 saturated heterocycles. The molecule has 2 atom stereocenters. The van der Waals surface area contributed by atoms with E-state index in [0.29, 0.717) is 16.8 Å². The van der Waals surface area contributed by atoms with Crippen LogP contribution < -0.4 is 4.43 Å². The van der Waals surface area contributed by atoms with Crippen LogP contribution in [0.3, 0.4) is 0 Å². The molecule has 1 aromatic rings. The second-order valence-corrected chi connectivity index (χ2v) is 18.8. The molecule has 1 rings (SSSR count). The zero-order valence-electron chi connectivity index (χ0n) is 28.8. The third kappa shape index (κ3) is 15.0. The third-order valence-electron chi connectivity index (χ3n) is 7.96. The highest BCUT2D eigenvalue weighted by atomic mass is 32.2. The topological polar surface area (TPSA) is 35.5 Å². The monoisotopic (exact) mass is 606 g/mol. The van der Waals surface area contributed by atoms with Gasteiger partial charge in [0.1, 0.15) is 5.75 Å². The van der Waals surface area contributed by atoms with E-state index in [1.54, 1.807) is 11.8 Å². The van der Waals surface area contributed by atoms with Crippen LogP contribution in [0.15, 0.2) is 18.2 Å². The summed E-state index contributed by atoms with van der Waals surface area (Å²) >= 11 is 1.62. The molecule has 0 fully saturated rings. The van der Waals surface area contributed by atoms with Crippen molar-refractivity contribution in [3.63, 3.8) is 0 Å². The van der Waals surface area contributed by atoms with Gasteiger partial charge in [-0.3, -0.25) is 4.79 Å². The first kappa shape index (κ1) is 38.2. The predicted octanol–water partition coefficient (Wildman–Crippen LogP) is 11.9. The fraction of sp³-hybridized carbons (Fsp3) is 0.806. The van der Waals surface area contributed by atoms with E-state index in [2.05, 4.69) is 87.4 Å². The minimum absolute atomic E-state index is 0.0327. The normalized spacial score (nSPS) is 14.6. The molecule has 0 aromatic heterocycles.